The van der Waals surface area contributed by atoms with Crippen molar-refractivity contribution in [2.75, 3.05) is 12.4 Å². The molecule has 1 aliphatic carbocycles. The lowest BCUT2D eigenvalue weighted by Crippen LogP contribution is -2.42. The summed E-state index contributed by atoms with van der Waals surface area (Å²) < 4.78 is 13.4. The lowest BCUT2D eigenvalue weighted by atomic mass is 9.94. The van der Waals surface area contributed by atoms with E-state index >= 15 is 0 Å². The van der Waals surface area contributed by atoms with E-state index in [9.17, 15) is 9.18 Å². The number of anilines is 1. The highest BCUT2D eigenvalue weighted by Gasteiger charge is 2.37. The van der Waals surface area contributed by atoms with E-state index in [1.807, 2.05) is 31.0 Å². The summed E-state index contributed by atoms with van der Waals surface area (Å²) >= 11 is 4.75. The number of thiol groups is 1. The Labute approximate surface area is 175 Å². The first-order valence-electron chi connectivity index (χ1n) is 9.85. The van der Waals surface area contributed by atoms with Crippen LogP contribution < -0.4 is 10.6 Å². The van der Waals surface area contributed by atoms with Gasteiger partial charge in [0.25, 0.3) is 0 Å². The second-order valence-electron chi connectivity index (χ2n) is 7.77. The van der Waals surface area contributed by atoms with Crippen LogP contribution in [0.1, 0.15) is 43.7 Å². The number of ketones is 1. The van der Waals surface area contributed by atoms with E-state index in [2.05, 4.69) is 15.6 Å². The predicted octanol–water partition coefficient (Wildman–Crippen LogP) is 4.11. The molecule has 2 aliphatic rings. The highest BCUT2D eigenvalue weighted by atomic mass is 32.1. The van der Waals surface area contributed by atoms with Crippen LogP contribution in [0.3, 0.4) is 0 Å². The summed E-state index contributed by atoms with van der Waals surface area (Å²) in [5.74, 6) is 0.649. The smallest absolute Gasteiger partial charge is 0.155 e. The van der Waals surface area contributed by atoms with Gasteiger partial charge in [0.2, 0.25) is 0 Å². The highest BCUT2D eigenvalue weighted by Crippen LogP contribution is 2.40. The zero-order valence-corrected chi connectivity index (χ0v) is 17.5. The van der Waals surface area contributed by atoms with Crippen molar-refractivity contribution in [3.05, 3.63) is 59.5 Å². The normalized spacial score (nSPS) is 24.6. The van der Waals surface area contributed by atoms with Crippen LogP contribution in [0.2, 0.25) is 0 Å². The topological polar surface area (TPSA) is 57.3 Å². The number of nitrogens with zero attached hydrogens (tertiary/aromatic N) is 2. The maximum Gasteiger partial charge on any atom is 0.155 e. The van der Waals surface area contributed by atoms with Crippen LogP contribution in [0.15, 0.2) is 42.6 Å². The van der Waals surface area contributed by atoms with Gasteiger partial charge in [0, 0.05) is 30.8 Å². The van der Waals surface area contributed by atoms with E-state index in [4.69, 9.17) is 12.6 Å². The van der Waals surface area contributed by atoms with Crippen LogP contribution in [0.4, 0.5) is 10.2 Å². The minimum absolute atomic E-state index is 0.174. The largest absolute Gasteiger partial charge is 0.360 e. The SMILES string of the molecule is CN1C(c2ccnc(NC3CCCCC3=O)c2)=C(c2ccc(F)cc2)NC1(C)S. The van der Waals surface area contributed by atoms with Gasteiger partial charge in [0.15, 0.2) is 10.8 Å². The summed E-state index contributed by atoms with van der Waals surface area (Å²) in [6.45, 7) is 1.97. The van der Waals surface area contributed by atoms with Gasteiger partial charge in [-0.1, -0.05) is 6.42 Å². The zero-order chi connectivity index (χ0) is 20.6. The number of carbonyl (C=O) groups excluding carboxylic acids is 1. The van der Waals surface area contributed by atoms with Crippen LogP contribution in [0.5, 0.6) is 0 Å². The monoisotopic (exact) mass is 412 g/mol. The van der Waals surface area contributed by atoms with E-state index in [1.165, 1.54) is 12.1 Å². The zero-order valence-electron chi connectivity index (χ0n) is 16.6. The summed E-state index contributed by atoms with van der Waals surface area (Å²) in [7, 11) is 1.96. The van der Waals surface area contributed by atoms with E-state index in [-0.39, 0.29) is 17.6 Å². The quantitative estimate of drug-likeness (QED) is 0.660. The number of hydrogen-bond acceptors (Lipinski definition) is 6. The van der Waals surface area contributed by atoms with Gasteiger partial charge in [-0.05, 0) is 56.2 Å². The second kappa shape index (κ2) is 7.71. The maximum atomic E-state index is 13.4. The molecule has 4 rings (SSSR count). The van der Waals surface area contributed by atoms with E-state index in [1.54, 1.807) is 18.3 Å². The van der Waals surface area contributed by atoms with E-state index in [0.717, 1.165) is 41.8 Å². The predicted molar refractivity (Wildman–Crippen MR) is 117 cm³/mol. The van der Waals surface area contributed by atoms with Crippen molar-refractivity contribution in [1.82, 2.24) is 15.2 Å². The van der Waals surface area contributed by atoms with Crippen LogP contribution in [0, 0.1) is 5.82 Å². The average molecular weight is 413 g/mol. The van der Waals surface area contributed by atoms with Gasteiger partial charge >= 0.3 is 0 Å². The van der Waals surface area contributed by atoms with Crippen LogP contribution >= 0.6 is 12.6 Å². The van der Waals surface area contributed by atoms with Crippen molar-refractivity contribution in [3.8, 4) is 0 Å². The molecule has 0 saturated heterocycles. The highest BCUT2D eigenvalue weighted by molar-refractivity contribution is 7.81. The van der Waals surface area contributed by atoms with Gasteiger partial charge in [0.05, 0.1) is 17.4 Å². The molecule has 1 fully saturated rings. The molecule has 0 radical (unpaired) electrons. The Kier molecular flexibility index (Phi) is 5.25. The van der Waals surface area contributed by atoms with Gasteiger partial charge < -0.3 is 15.5 Å². The Bertz CT molecular complexity index is 958. The number of hydrogen-bond donors (Lipinski definition) is 3. The Morgan fingerprint density at radius 3 is 2.72 bits per heavy atom. The third kappa shape index (κ3) is 3.96. The number of carbonyl (C=O) groups is 1. The van der Waals surface area contributed by atoms with Crippen molar-refractivity contribution >= 4 is 35.6 Å². The fourth-order valence-corrected chi connectivity index (χ4v) is 4.11. The molecule has 2 unspecified atom stereocenters. The molecule has 5 nitrogen and oxygen atoms in total. The lowest BCUT2D eigenvalue weighted by molar-refractivity contribution is -0.121. The van der Waals surface area contributed by atoms with Crippen molar-refractivity contribution < 1.29 is 9.18 Å². The number of pyridine rings is 1. The van der Waals surface area contributed by atoms with E-state index in [0.29, 0.717) is 12.2 Å². The molecule has 7 heteroatoms. The number of Topliss-reactive ketones (excluding diaryl/α,β-unsaturated/α-hetero) is 1. The Hall–Kier alpha value is -2.54. The molecule has 2 aromatic rings. The van der Waals surface area contributed by atoms with Gasteiger partial charge in [-0.25, -0.2) is 9.37 Å². The minimum atomic E-state index is -0.602. The molecule has 1 saturated carbocycles. The lowest BCUT2D eigenvalue weighted by Gasteiger charge is -2.31. The van der Waals surface area contributed by atoms with Crippen molar-refractivity contribution in [1.29, 1.82) is 0 Å². The molecule has 152 valence electrons. The molecule has 2 N–H and O–H groups in total. The molecular formula is C22H25FN4OS. The molecule has 2 heterocycles. The van der Waals surface area contributed by atoms with Crippen molar-refractivity contribution in [3.63, 3.8) is 0 Å². The summed E-state index contributed by atoms with van der Waals surface area (Å²) in [6.07, 6.45) is 5.22. The first-order chi connectivity index (χ1) is 13.8. The van der Waals surface area contributed by atoms with Crippen molar-refractivity contribution in [2.45, 2.75) is 43.6 Å². The molecule has 1 aromatic heterocycles. The molecule has 2 atom stereocenters. The minimum Gasteiger partial charge on any atom is -0.360 e. The Morgan fingerprint density at radius 2 is 2.00 bits per heavy atom. The molecular weight excluding hydrogens is 387 g/mol. The third-order valence-electron chi connectivity index (χ3n) is 5.63. The molecule has 0 bridgehead atoms. The first kappa shape index (κ1) is 19.8. The molecule has 0 spiro atoms. The fraction of sp³-hybridized carbons (Fsp3) is 0.364. The van der Waals surface area contributed by atoms with Gasteiger partial charge in [-0.15, -0.1) is 12.6 Å². The van der Waals surface area contributed by atoms with E-state index < -0.39 is 4.99 Å². The summed E-state index contributed by atoms with van der Waals surface area (Å²) in [5, 5.41) is 6.73. The van der Waals surface area contributed by atoms with Crippen LogP contribution in [-0.2, 0) is 4.79 Å². The Morgan fingerprint density at radius 1 is 1.24 bits per heavy atom. The molecule has 29 heavy (non-hydrogen) atoms. The maximum absolute atomic E-state index is 13.4. The third-order valence-corrected chi connectivity index (χ3v) is 6.04. The first-order valence-corrected chi connectivity index (χ1v) is 10.3. The molecule has 0 amide bonds. The van der Waals surface area contributed by atoms with Crippen molar-refractivity contribution in [2.24, 2.45) is 0 Å². The summed E-state index contributed by atoms with van der Waals surface area (Å²) in [6, 6.07) is 10.1. The van der Waals surface area contributed by atoms with Gasteiger partial charge in [-0.2, -0.15) is 0 Å². The summed E-state index contributed by atoms with van der Waals surface area (Å²) in [5.41, 5.74) is 3.63. The van der Waals surface area contributed by atoms with Crippen LogP contribution in [0.25, 0.3) is 11.4 Å². The number of rotatable bonds is 4. The molecule has 1 aromatic carbocycles. The number of halogens is 1. The Balaban J connectivity index is 1.71. The van der Waals surface area contributed by atoms with Crippen LogP contribution in [-0.4, -0.2) is 33.8 Å². The average Bonchev–Trinajstić information content (AvgIpc) is 2.94. The van der Waals surface area contributed by atoms with Gasteiger partial charge in [-0.3, -0.25) is 4.79 Å². The fourth-order valence-electron chi connectivity index (χ4n) is 3.90. The standard InChI is InChI=1S/C22H25FN4OS/c1-22(29)26-20(14-7-9-16(23)10-8-14)21(27(22)2)15-11-12-24-19(13-15)25-17-5-3-4-6-18(17)28/h7-13,17,26,29H,3-6H2,1-2H3,(H,24,25). The number of benzene rings is 1. The molecule has 1 aliphatic heterocycles. The summed E-state index contributed by atoms with van der Waals surface area (Å²) in [4.78, 5) is 18.0. The number of nitrogens with one attached hydrogen (secondary N) is 2. The van der Waals surface area contributed by atoms with Gasteiger partial charge in [0.1, 0.15) is 11.6 Å². The second-order valence-corrected chi connectivity index (χ2v) is 8.64. The number of aromatic nitrogens is 1.